The summed E-state index contributed by atoms with van der Waals surface area (Å²) in [5, 5.41) is 17.9. The Balaban J connectivity index is 1.47. The molecule has 0 saturated carbocycles. The lowest BCUT2D eigenvalue weighted by atomic mass is 10.1. The molecule has 0 atom stereocenters. The van der Waals surface area contributed by atoms with Crippen LogP contribution in [0.4, 0.5) is 10.5 Å². The van der Waals surface area contributed by atoms with Gasteiger partial charge in [0.2, 0.25) is 0 Å². The van der Waals surface area contributed by atoms with Crippen molar-refractivity contribution in [1.29, 1.82) is 0 Å². The number of ether oxygens (including phenoxy) is 1. The van der Waals surface area contributed by atoms with Crippen molar-refractivity contribution in [3.63, 3.8) is 0 Å². The minimum Gasteiger partial charge on any atom is -0.444 e. The number of nitrogens with one attached hydrogen (secondary N) is 3. The van der Waals surface area contributed by atoms with E-state index in [9.17, 15) is 4.79 Å². The normalized spacial score (nSPS) is 13.6. The molecule has 0 spiro atoms. The highest BCUT2D eigenvalue weighted by molar-refractivity contribution is 5.84. The maximum atomic E-state index is 11.9. The molecule has 1 amide bonds. The van der Waals surface area contributed by atoms with E-state index in [4.69, 9.17) is 4.74 Å². The molecule has 3 N–H and O–H groups in total. The predicted octanol–water partition coefficient (Wildman–Crippen LogP) is 2.87. The van der Waals surface area contributed by atoms with Gasteiger partial charge in [-0.3, -0.25) is 5.32 Å². The van der Waals surface area contributed by atoms with Crippen LogP contribution in [0.15, 0.2) is 29.3 Å². The molecule has 1 aliphatic heterocycles. The van der Waals surface area contributed by atoms with Gasteiger partial charge in [0.1, 0.15) is 18.0 Å². The SMILES string of the molecule is CCNC(=NCc1nnc2n1CCC2)NCCc1ccc(NC(=O)OC(C)(C)C)cc1. The monoisotopic (exact) mass is 427 g/mol. The summed E-state index contributed by atoms with van der Waals surface area (Å²) in [7, 11) is 0. The molecule has 9 nitrogen and oxygen atoms in total. The number of aryl methyl sites for hydroxylation is 1. The van der Waals surface area contributed by atoms with Gasteiger partial charge >= 0.3 is 6.09 Å². The molecule has 0 aliphatic carbocycles. The molecule has 1 aliphatic rings. The van der Waals surface area contributed by atoms with Crippen LogP contribution < -0.4 is 16.0 Å². The Bertz CT molecular complexity index is 898. The minimum atomic E-state index is -0.518. The molecule has 9 heteroatoms. The Hall–Kier alpha value is -3.10. The first-order valence-corrected chi connectivity index (χ1v) is 10.9. The van der Waals surface area contributed by atoms with Crippen LogP contribution in [0.25, 0.3) is 0 Å². The Morgan fingerprint density at radius 1 is 1.19 bits per heavy atom. The zero-order valence-corrected chi connectivity index (χ0v) is 18.9. The van der Waals surface area contributed by atoms with Crippen LogP contribution in [0.5, 0.6) is 0 Å². The van der Waals surface area contributed by atoms with E-state index >= 15 is 0 Å². The first-order chi connectivity index (χ1) is 14.8. The molecule has 0 radical (unpaired) electrons. The largest absolute Gasteiger partial charge is 0.444 e. The number of rotatable bonds is 7. The summed E-state index contributed by atoms with van der Waals surface area (Å²) in [6.07, 6.45) is 2.51. The van der Waals surface area contributed by atoms with Crippen molar-refractivity contribution < 1.29 is 9.53 Å². The van der Waals surface area contributed by atoms with Gasteiger partial charge < -0.3 is 19.9 Å². The van der Waals surface area contributed by atoms with Gasteiger partial charge in [-0.05, 0) is 58.2 Å². The molecule has 2 heterocycles. The number of carbonyl (C=O) groups is 1. The number of guanidine groups is 1. The van der Waals surface area contributed by atoms with Crippen LogP contribution in [0.2, 0.25) is 0 Å². The first-order valence-electron chi connectivity index (χ1n) is 10.9. The Kier molecular flexibility index (Phi) is 7.49. The number of aromatic nitrogens is 3. The molecule has 1 aromatic carbocycles. The number of amides is 1. The summed E-state index contributed by atoms with van der Waals surface area (Å²) in [6, 6.07) is 7.75. The first kappa shape index (κ1) is 22.6. The maximum Gasteiger partial charge on any atom is 0.412 e. The van der Waals surface area contributed by atoms with E-state index < -0.39 is 11.7 Å². The molecule has 1 aromatic heterocycles. The topological polar surface area (TPSA) is 105 Å². The van der Waals surface area contributed by atoms with Crippen molar-refractivity contribution in [2.45, 2.75) is 65.6 Å². The number of aliphatic imine (C=N–C) groups is 1. The number of hydrogen-bond acceptors (Lipinski definition) is 5. The average Bonchev–Trinajstić information content (AvgIpc) is 3.30. The average molecular weight is 428 g/mol. The fourth-order valence-electron chi connectivity index (χ4n) is 3.32. The number of carbonyl (C=O) groups excluding carboxylic acids is 1. The van der Waals surface area contributed by atoms with Crippen LogP contribution in [0.3, 0.4) is 0 Å². The number of nitrogens with zero attached hydrogens (tertiary/aromatic N) is 4. The molecule has 3 rings (SSSR count). The molecule has 0 bridgehead atoms. The van der Waals surface area contributed by atoms with Crippen molar-refractivity contribution in [3.05, 3.63) is 41.5 Å². The van der Waals surface area contributed by atoms with Crippen LogP contribution in [0.1, 0.15) is 51.3 Å². The highest BCUT2D eigenvalue weighted by Crippen LogP contribution is 2.15. The smallest absolute Gasteiger partial charge is 0.412 e. The van der Waals surface area contributed by atoms with Gasteiger partial charge in [0, 0.05) is 31.7 Å². The lowest BCUT2D eigenvalue weighted by Crippen LogP contribution is -2.38. The molecule has 0 saturated heterocycles. The number of anilines is 1. The fraction of sp³-hybridized carbons (Fsp3) is 0.545. The highest BCUT2D eigenvalue weighted by Gasteiger charge is 2.17. The van der Waals surface area contributed by atoms with Gasteiger partial charge in [0.05, 0.1) is 0 Å². The van der Waals surface area contributed by atoms with Crippen molar-refractivity contribution in [1.82, 2.24) is 25.4 Å². The molecule has 0 unspecified atom stereocenters. The van der Waals surface area contributed by atoms with Gasteiger partial charge in [-0.15, -0.1) is 10.2 Å². The van der Waals surface area contributed by atoms with E-state index in [-0.39, 0.29) is 0 Å². The van der Waals surface area contributed by atoms with E-state index in [0.717, 1.165) is 62.1 Å². The third-order valence-electron chi connectivity index (χ3n) is 4.71. The number of fused-ring (bicyclic) bond motifs is 1. The molecular weight excluding hydrogens is 394 g/mol. The summed E-state index contributed by atoms with van der Waals surface area (Å²) in [4.78, 5) is 16.5. The molecule has 0 fully saturated rings. The number of benzene rings is 1. The Labute approximate surface area is 183 Å². The van der Waals surface area contributed by atoms with Gasteiger partial charge in [0.15, 0.2) is 11.8 Å². The van der Waals surface area contributed by atoms with Gasteiger partial charge in [-0.25, -0.2) is 9.79 Å². The quantitative estimate of drug-likeness (QED) is 0.464. The molecule has 2 aromatic rings. The highest BCUT2D eigenvalue weighted by atomic mass is 16.6. The zero-order chi connectivity index (χ0) is 22.3. The molecule has 31 heavy (non-hydrogen) atoms. The van der Waals surface area contributed by atoms with Crippen molar-refractivity contribution in [2.24, 2.45) is 4.99 Å². The second kappa shape index (κ2) is 10.3. The zero-order valence-electron chi connectivity index (χ0n) is 18.9. The number of hydrogen-bond donors (Lipinski definition) is 3. The Morgan fingerprint density at radius 2 is 1.97 bits per heavy atom. The van der Waals surface area contributed by atoms with E-state index in [1.807, 2.05) is 52.0 Å². The van der Waals surface area contributed by atoms with Crippen LogP contribution in [-0.2, 0) is 30.7 Å². The molecule has 168 valence electrons. The minimum absolute atomic E-state index is 0.452. The van der Waals surface area contributed by atoms with Gasteiger partial charge in [-0.1, -0.05) is 12.1 Å². The van der Waals surface area contributed by atoms with Crippen molar-refractivity contribution >= 4 is 17.7 Å². The van der Waals surface area contributed by atoms with E-state index in [2.05, 4.69) is 35.7 Å². The van der Waals surface area contributed by atoms with E-state index in [0.29, 0.717) is 12.2 Å². The summed E-state index contributed by atoms with van der Waals surface area (Å²) in [5.41, 5.74) is 1.35. The lowest BCUT2D eigenvalue weighted by Gasteiger charge is -2.19. The molecular formula is C22H33N7O2. The van der Waals surface area contributed by atoms with E-state index in [1.165, 1.54) is 0 Å². The second-order valence-electron chi connectivity index (χ2n) is 8.48. The Morgan fingerprint density at radius 3 is 2.68 bits per heavy atom. The predicted molar refractivity (Wildman–Crippen MR) is 121 cm³/mol. The standard InChI is InChI=1S/C22H33N7O2/c1-5-23-20(25-15-19-28-27-18-7-6-14-29(18)19)24-13-12-16-8-10-17(11-9-16)26-21(30)31-22(2,3)4/h8-11H,5-7,12-15H2,1-4H3,(H,26,30)(H2,23,24,25). The summed E-state index contributed by atoms with van der Waals surface area (Å²) in [5.74, 6) is 2.74. The van der Waals surface area contributed by atoms with Crippen LogP contribution >= 0.6 is 0 Å². The van der Waals surface area contributed by atoms with Crippen LogP contribution in [-0.4, -0.2) is 45.5 Å². The van der Waals surface area contributed by atoms with Gasteiger partial charge in [0.25, 0.3) is 0 Å². The van der Waals surface area contributed by atoms with Crippen LogP contribution in [0, 0.1) is 0 Å². The third kappa shape index (κ3) is 6.97. The third-order valence-corrected chi connectivity index (χ3v) is 4.71. The summed E-state index contributed by atoms with van der Waals surface area (Å²) in [6.45, 7) is 10.6. The van der Waals surface area contributed by atoms with Crippen molar-refractivity contribution in [3.8, 4) is 0 Å². The summed E-state index contributed by atoms with van der Waals surface area (Å²) >= 11 is 0. The van der Waals surface area contributed by atoms with Crippen molar-refractivity contribution in [2.75, 3.05) is 18.4 Å². The summed E-state index contributed by atoms with van der Waals surface area (Å²) < 4.78 is 7.44. The van der Waals surface area contributed by atoms with E-state index in [1.54, 1.807) is 0 Å². The fourth-order valence-corrected chi connectivity index (χ4v) is 3.32. The second-order valence-corrected chi connectivity index (χ2v) is 8.48. The van der Waals surface area contributed by atoms with Gasteiger partial charge in [-0.2, -0.15) is 0 Å². The maximum absolute atomic E-state index is 11.9. The lowest BCUT2D eigenvalue weighted by molar-refractivity contribution is 0.0636.